The molecule has 3 aromatic heterocycles. The molecule has 5 N–H and O–H groups in total. The van der Waals surface area contributed by atoms with Gasteiger partial charge in [0.15, 0.2) is 0 Å². The van der Waals surface area contributed by atoms with Crippen LogP contribution in [0.15, 0.2) is 61.1 Å². The summed E-state index contributed by atoms with van der Waals surface area (Å²) in [7, 11) is 2.57. The topological polar surface area (TPSA) is 191 Å². The van der Waals surface area contributed by atoms with Crippen LogP contribution in [0.3, 0.4) is 0 Å². The number of halogens is 1. The highest BCUT2D eigenvalue weighted by atomic mass is 19.1. The minimum absolute atomic E-state index is 0.0332. The van der Waals surface area contributed by atoms with Crippen LogP contribution in [0.4, 0.5) is 14.0 Å². The average molecular weight is 810 g/mol. The van der Waals surface area contributed by atoms with Gasteiger partial charge in [0.1, 0.15) is 29.7 Å². The molecule has 3 amide bonds. The van der Waals surface area contributed by atoms with Crippen molar-refractivity contribution in [2.75, 3.05) is 27.3 Å². The molecule has 2 aliphatic heterocycles. The number of fused-ring (bicyclic) bond motifs is 1. The van der Waals surface area contributed by atoms with Crippen LogP contribution < -0.4 is 10.6 Å². The number of aromatic amines is 2. The Morgan fingerprint density at radius 2 is 1.41 bits per heavy atom. The quantitative estimate of drug-likeness (QED) is 0.0907. The predicted octanol–water partition coefficient (Wildman–Crippen LogP) is 6.70. The number of benzene rings is 2. The lowest BCUT2D eigenvalue weighted by atomic mass is 10.0. The first-order valence-electron chi connectivity index (χ1n) is 20.1. The van der Waals surface area contributed by atoms with Crippen LogP contribution >= 0.6 is 0 Å². The second-order valence-corrected chi connectivity index (χ2v) is 16.0. The maximum Gasteiger partial charge on any atom is 0.407 e. The SMILES string of the molecule is COC(=O)N[C@@H](C(C)C)C(O)N1CCC[C@H]1c1ncc(-c2ccc3cc(-c4ccc(-c5cnc([C@@H]6CCCN6C(=O)[C@@H](NC(=O)OC)C(C)C)[nH]5)cc4F)ncc3c2)[nH]1. The lowest BCUT2D eigenvalue weighted by Gasteiger charge is -2.35. The third-order valence-corrected chi connectivity index (χ3v) is 11.5. The summed E-state index contributed by atoms with van der Waals surface area (Å²) in [5, 5.41) is 18.6. The molecule has 0 aliphatic carbocycles. The van der Waals surface area contributed by atoms with Crippen LogP contribution in [0.5, 0.6) is 0 Å². The Balaban J connectivity index is 1.04. The van der Waals surface area contributed by atoms with Gasteiger partial charge in [-0.25, -0.2) is 23.9 Å². The fourth-order valence-corrected chi connectivity index (χ4v) is 8.23. The van der Waals surface area contributed by atoms with Crippen LogP contribution in [-0.2, 0) is 14.3 Å². The molecule has 15 nitrogen and oxygen atoms in total. The van der Waals surface area contributed by atoms with Gasteiger partial charge in [-0.1, -0.05) is 45.9 Å². The Labute approximate surface area is 342 Å². The average Bonchev–Trinajstić information content (AvgIpc) is 4.07. The first kappa shape index (κ1) is 41.3. The maximum atomic E-state index is 15.8. The van der Waals surface area contributed by atoms with Gasteiger partial charge >= 0.3 is 12.2 Å². The van der Waals surface area contributed by atoms with E-state index in [2.05, 4.69) is 30.6 Å². The van der Waals surface area contributed by atoms with Crippen molar-refractivity contribution in [2.45, 2.75) is 83.8 Å². The molecule has 5 aromatic rings. The van der Waals surface area contributed by atoms with Gasteiger partial charge in [0.05, 0.1) is 61.8 Å². The second-order valence-electron chi connectivity index (χ2n) is 16.0. The lowest BCUT2D eigenvalue weighted by molar-refractivity contribution is -0.135. The van der Waals surface area contributed by atoms with Gasteiger partial charge in [-0.15, -0.1) is 0 Å². The molecule has 0 radical (unpaired) electrons. The van der Waals surface area contributed by atoms with Crippen molar-refractivity contribution in [3.8, 4) is 33.8 Å². The van der Waals surface area contributed by atoms with E-state index in [0.29, 0.717) is 47.8 Å². The number of aromatic nitrogens is 5. The van der Waals surface area contributed by atoms with Gasteiger partial charge in [0, 0.05) is 41.4 Å². The number of imidazole rings is 2. The normalized spacial score (nSPS) is 18.6. The van der Waals surface area contributed by atoms with Crippen LogP contribution in [0.25, 0.3) is 44.5 Å². The van der Waals surface area contributed by atoms with Gasteiger partial charge < -0.3 is 40.1 Å². The number of pyridine rings is 1. The molecule has 5 atom stereocenters. The molecule has 1 unspecified atom stereocenters. The van der Waals surface area contributed by atoms with Crippen LogP contribution in [0.1, 0.15) is 77.1 Å². The number of likely N-dealkylation sites (tertiary alicyclic amines) is 2. The zero-order valence-electron chi connectivity index (χ0n) is 34.2. The number of hydrogen-bond acceptors (Lipinski definition) is 10. The van der Waals surface area contributed by atoms with Crippen molar-refractivity contribution < 1.29 is 33.4 Å². The molecule has 0 spiro atoms. The molecule has 5 heterocycles. The van der Waals surface area contributed by atoms with Gasteiger partial charge in [0.25, 0.3) is 0 Å². The van der Waals surface area contributed by atoms with Gasteiger partial charge in [-0.05, 0) is 67.2 Å². The van der Waals surface area contributed by atoms with E-state index in [-0.39, 0.29) is 29.8 Å². The number of carbonyl (C=O) groups excluding carboxylic acids is 3. The number of hydrogen-bond donors (Lipinski definition) is 5. The number of alkyl carbamates (subject to hydrolysis) is 2. The number of aliphatic hydroxyl groups is 1. The van der Waals surface area contributed by atoms with Gasteiger partial charge in [-0.3, -0.25) is 14.7 Å². The monoisotopic (exact) mass is 809 g/mol. The zero-order chi connectivity index (χ0) is 42.0. The second kappa shape index (κ2) is 17.5. The minimum atomic E-state index is -0.926. The smallest absolute Gasteiger partial charge is 0.407 e. The highest BCUT2D eigenvalue weighted by molar-refractivity contribution is 5.89. The Kier molecular flexibility index (Phi) is 12.3. The molecule has 0 bridgehead atoms. The summed E-state index contributed by atoms with van der Waals surface area (Å²) < 4.78 is 25.3. The van der Waals surface area contributed by atoms with Crippen LogP contribution in [0, 0.1) is 17.7 Å². The molecule has 312 valence electrons. The lowest BCUT2D eigenvalue weighted by Crippen LogP contribution is -2.54. The summed E-state index contributed by atoms with van der Waals surface area (Å²) in [6, 6.07) is 11.1. The van der Waals surface area contributed by atoms with Crippen molar-refractivity contribution in [3.63, 3.8) is 0 Å². The van der Waals surface area contributed by atoms with Crippen molar-refractivity contribution in [2.24, 2.45) is 11.8 Å². The number of nitrogens with one attached hydrogen (secondary N) is 4. The molecular formula is C43H52FN9O6. The summed E-state index contributed by atoms with van der Waals surface area (Å²) >= 11 is 0. The maximum absolute atomic E-state index is 15.8. The summed E-state index contributed by atoms with van der Waals surface area (Å²) in [5.41, 5.74) is 3.78. The Morgan fingerprint density at radius 1 is 0.780 bits per heavy atom. The van der Waals surface area contributed by atoms with E-state index < -0.39 is 36.3 Å². The first-order valence-corrected chi connectivity index (χ1v) is 20.1. The Morgan fingerprint density at radius 3 is 2.07 bits per heavy atom. The molecule has 2 saturated heterocycles. The number of amides is 3. The van der Waals surface area contributed by atoms with E-state index in [1.54, 1.807) is 29.6 Å². The summed E-state index contributed by atoms with van der Waals surface area (Å²) in [4.78, 5) is 61.9. The number of H-pyrrole nitrogens is 2. The van der Waals surface area contributed by atoms with Crippen molar-refractivity contribution >= 4 is 28.9 Å². The molecular weight excluding hydrogens is 758 g/mol. The fraction of sp³-hybridized carbons (Fsp3) is 0.442. The third-order valence-electron chi connectivity index (χ3n) is 11.5. The van der Waals surface area contributed by atoms with Crippen molar-refractivity contribution in [3.05, 3.63) is 78.5 Å². The number of rotatable bonds is 12. The summed E-state index contributed by atoms with van der Waals surface area (Å²) in [6.07, 6.45) is 6.15. The molecule has 2 aromatic carbocycles. The van der Waals surface area contributed by atoms with E-state index in [1.165, 1.54) is 20.3 Å². The molecule has 7 rings (SSSR count). The van der Waals surface area contributed by atoms with E-state index in [4.69, 9.17) is 14.5 Å². The first-order chi connectivity index (χ1) is 28.4. The molecule has 59 heavy (non-hydrogen) atoms. The van der Waals surface area contributed by atoms with Crippen molar-refractivity contribution in [1.82, 2.24) is 45.4 Å². The van der Waals surface area contributed by atoms with Gasteiger partial charge in [-0.2, -0.15) is 0 Å². The van der Waals surface area contributed by atoms with E-state index in [1.807, 2.05) is 62.9 Å². The fourth-order valence-electron chi connectivity index (χ4n) is 8.23. The highest BCUT2D eigenvalue weighted by Gasteiger charge is 2.39. The molecule has 16 heteroatoms. The standard InChI is InChI=1S/C43H52FN9O6/c1-23(2)36(50-42(56)58-5)40(54)52-15-7-9-34(52)38-46-21-32(48-38)26-12-11-25-19-31(45-20-28(25)17-26)29-14-13-27(18-30(29)44)33-22-47-39(49-33)35-10-8-16-53(35)41(55)37(24(3)4)51-43(57)59-6/h11-14,17-24,34-37,40,54H,7-10,15-16H2,1-6H3,(H,46,48)(H,47,49)(H,50,56)(H,51,57)/t34-,35-,36-,37-,40?/m0/s1. The molecule has 2 aliphatic rings. The van der Waals surface area contributed by atoms with Gasteiger partial charge in [0.2, 0.25) is 5.91 Å². The number of aliphatic hydroxyl groups excluding tert-OH is 1. The van der Waals surface area contributed by atoms with Crippen LogP contribution in [-0.4, -0.2) is 104 Å². The summed E-state index contributed by atoms with van der Waals surface area (Å²) in [5.74, 6) is 0.507. The zero-order valence-corrected chi connectivity index (χ0v) is 34.2. The highest BCUT2D eigenvalue weighted by Crippen LogP contribution is 2.36. The van der Waals surface area contributed by atoms with E-state index >= 15 is 4.39 Å². The minimum Gasteiger partial charge on any atom is -0.453 e. The number of ether oxygens (including phenoxy) is 2. The van der Waals surface area contributed by atoms with Crippen LogP contribution in [0.2, 0.25) is 0 Å². The van der Waals surface area contributed by atoms with E-state index in [0.717, 1.165) is 47.1 Å². The largest absolute Gasteiger partial charge is 0.453 e. The number of nitrogens with zero attached hydrogens (tertiary/aromatic N) is 5. The van der Waals surface area contributed by atoms with Crippen molar-refractivity contribution in [1.29, 1.82) is 0 Å². The number of methoxy groups -OCH3 is 2. The predicted molar refractivity (Wildman–Crippen MR) is 219 cm³/mol. The molecule has 2 fully saturated rings. The Hall–Kier alpha value is -5.87. The third kappa shape index (κ3) is 8.64. The summed E-state index contributed by atoms with van der Waals surface area (Å²) in [6.45, 7) is 8.81. The van der Waals surface area contributed by atoms with E-state index in [9.17, 15) is 19.5 Å². The Bertz CT molecular complexity index is 2310. The number of carbonyl (C=O) groups is 3. The molecule has 0 saturated carbocycles.